The van der Waals surface area contributed by atoms with Crippen LogP contribution in [0, 0.1) is 5.92 Å². The summed E-state index contributed by atoms with van der Waals surface area (Å²) in [7, 11) is 0. The van der Waals surface area contributed by atoms with Crippen LogP contribution in [0.3, 0.4) is 0 Å². The first-order valence-electron chi connectivity index (χ1n) is 16.6. The minimum atomic E-state index is -1.10. The van der Waals surface area contributed by atoms with Crippen LogP contribution >= 0.6 is 0 Å². The molecule has 0 spiro atoms. The third-order valence-corrected chi connectivity index (χ3v) is 8.67. The Labute approximate surface area is 275 Å². The number of nitrogens with zero attached hydrogens (tertiary/aromatic N) is 1. The molecule has 3 heterocycles. The van der Waals surface area contributed by atoms with Crippen LogP contribution in [0.4, 0.5) is 0 Å². The summed E-state index contributed by atoms with van der Waals surface area (Å²) in [5.74, 6) is -3.23. The van der Waals surface area contributed by atoms with Crippen LogP contribution in [0.5, 0.6) is 0 Å². The summed E-state index contributed by atoms with van der Waals surface area (Å²) < 4.78 is 5.50. The summed E-state index contributed by atoms with van der Waals surface area (Å²) in [6.07, 6.45) is 0.469. The molecule has 4 rings (SSSR count). The van der Waals surface area contributed by atoms with Gasteiger partial charge in [0.2, 0.25) is 35.4 Å². The van der Waals surface area contributed by atoms with Crippen LogP contribution in [0.15, 0.2) is 30.3 Å². The van der Waals surface area contributed by atoms with Crippen molar-refractivity contribution in [2.24, 2.45) is 5.92 Å². The number of carbonyl (C=O) groups is 6. The van der Waals surface area contributed by atoms with Gasteiger partial charge in [-0.25, -0.2) is 0 Å². The van der Waals surface area contributed by atoms with Crippen molar-refractivity contribution in [1.29, 1.82) is 0 Å². The van der Waals surface area contributed by atoms with Gasteiger partial charge >= 0.3 is 0 Å². The van der Waals surface area contributed by atoms with E-state index >= 15 is 0 Å². The van der Waals surface area contributed by atoms with Gasteiger partial charge in [0.25, 0.3) is 0 Å². The number of hydrogen-bond acceptors (Lipinski definition) is 8. The first kappa shape index (κ1) is 35.8. The lowest BCUT2D eigenvalue weighted by molar-refractivity contribution is -0.141. The first-order valence-corrected chi connectivity index (χ1v) is 16.6. The van der Waals surface area contributed by atoms with Gasteiger partial charge in [-0.2, -0.15) is 0 Å². The lowest BCUT2D eigenvalue weighted by atomic mass is 10.00. The number of amides is 6. The summed E-state index contributed by atoms with van der Waals surface area (Å²) >= 11 is 0. The number of carbonyl (C=O) groups excluding carboxylic acids is 6. The van der Waals surface area contributed by atoms with E-state index in [0.29, 0.717) is 13.0 Å². The fourth-order valence-electron chi connectivity index (χ4n) is 6.19. The zero-order valence-corrected chi connectivity index (χ0v) is 27.3. The lowest BCUT2D eigenvalue weighted by Crippen LogP contribution is -2.59. The van der Waals surface area contributed by atoms with Gasteiger partial charge in [-0.15, -0.1) is 0 Å². The molecular weight excluding hydrogens is 608 g/mol. The highest BCUT2D eigenvalue weighted by atomic mass is 16.5. The quantitative estimate of drug-likeness (QED) is 0.231. The van der Waals surface area contributed by atoms with Gasteiger partial charge in [-0.1, -0.05) is 44.2 Å². The number of hydrogen-bond donors (Lipinski definition) is 6. The predicted octanol–water partition coefficient (Wildman–Crippen LogP) is -0.715. The molecule has 1 aromatic rings. The minimum absolute atomic E-state index is 0.0173. The van der Waals surface area contributed by atoms with Gasteiger partial charge in [0, 0.05) is 32.5 Å². The Bertz CT molecular complexity index is 1290. The van der Waals surface area contributed by atoms with E-state index in [1.807, 2.05) is 44.2 Å². The van der Waals surface area contributed by atoms with Crippen LogP contribution in [-0.2, 0) is 39.9 Å². The average Bonchev–Trinajstić information content (AvgIpc) is 3.71. The van der Waals surface area contributed by atoms with Gasteiger partial charge < -0.3 is 41.3 Å². The molecule has 1 aromatic carbocycles. The maximum atomic E-state index is 13.8. The fourth-order valence-corrected chi connectivity index (χ4v) is 6.19. The molecule has 0 aliphatic carbocycles. The number of aliphatic hydroxyl groups excluding tert-OH is 1. The van der Waals surface area contributed by atoms with Crippen molar-refractivity contribution < 1.29 is 38.6 Å². The molecule has 7 atom stereocenters. The van der Waals surface area contributed by atoms with Gasteiger partial charge in [-0.3, -0.25) is 28.8 Å². The Kier molecular flexibility index (Phi) is 12.7. The van der Waals surface area contributed by atoms with Crippen molar-refractivity contribution in [1.82, 2.24) is 31.5 Å². The Balaban J connectivity index is 1.63. The highest BCUT2D eigenvalue weighted by Gasteiger charge is 2.41. The van der Waals surface area contributed by atoms with Crippen molar-refractivity contribution >= 4 is 35.4 Å². The normalized spacial score (nSPS) is 30.0. The van der Waals surface area contributed by atoms with Crippen molar-refractivity contribution in [3.8, 4) is 0 Å². The van der Waals surface area contributed by atoms with E-state index in [0.717, 1.165) is 12.0 Å². The summed E-state index contributed by atoms with van der Waals surface area (Å²) in [6.45, 7) is 5.78. The van der Waals surface area contributed by atoms with Crippen LogP contribution in [-0.4, -0.2) is 108 Å². The topological polar surface area (TPSA) is 195 Å². The maximum absolute atomic E-state index is 13.8. The van der Waals surface area contributed by atoms with E-state index in [4.69, 9.17) is 4.74 Å². The zero-order valence-electron chi connectivity index (χ0n) is 27.3. The van der Waals surface area contributed by atoms with Gasteiger partial charge in [-0.05, 0) is 50.5 Å². The van der Waals surface area contributed by atoms with Crippen molar-refractivity contribution in [2.45, 2.75) is 108 Å². The van der Waals surface area contributed by atoms with E-state index in [1.165, 1.54) is 11.8 Å². The van der Waals surface area contributed by atoms with Crippen LogP contribution in [0.1, 0.15) is 64.9 Å². The second-order valence-electron chi connectivity index (χ2n) is 13.1. The number of nitrogens with one attached hydrogen (secondary N) is 5. The Morgan fingerprint density at radius 3 is 2.34 bits per heavy atom. The molecule has 258 valence electrons. The van der Waals surface area contributed by atoms with E-state index in [2.05, 4.69) is 26.6 Å². The Morgan fingerprint density at radius 1 is 0.957 bits per heavy atom. The summed E-state index contributed by atoms with van der Waals surface area (Å²) in [5.41, 5.74) is 0.768. The molecular formula is C33H48N6O8. The number of benzene rings is 1. The van der Waals surface area contributed by atoms with E-state index in [1.54, 1.807) is 0 Å². The molecule has 47 heavy (non-hydrogen) atoms. The molecule has 6 amide bonds. The lowest BCUT2D eigenvalue weighted by Gasteiger charge is -2.29. The number of rotatable bonds is 6. The van der Waals surface area contributed by atoms with E-state index in [9.17, 15) is 33.9 Å². The van der Waals surface area contributed by atoms with Gasteiger partial charge in [0.15, 0.2) is 0 Å². The predicted molar refractivity (Wildman–Crippen MR) is 170 cm³/mol. The second-order valence-corrected chi connectivity index (χ2v) is 13.1. The molecule has 0 saturated carbocycles. The molecule has 6 N–H and O–H groups in total. The van der Waals surface area contributed by atoms with E-state index < -0.39 is 77.9 Å². The summed E-state index contributed by atoms with van der Waals surface area (Å²) in [5, 5.41) is 24.1. The monoisotopic (exact) mass is 656 g/mol. The van der Waals surface area contributed by atoms with Crippen molar-refractivity contribution in [3.05, 3.63) is 35.9 Å². The fraction of sp³-hybridized carbons (Fsp3) is 0.636. The summed E-state index contributed by atoms with van der Waals surface area (Å²) in [4.78, 5) is 82.0. The van der Waals surface area contributed by atoms with Crippen LogP contribution in [0.25, 0.3) is 0 Å². The highest BCUT2D eigenvalue weighted by molar-refractivity contribution is 5.97. The molecule has 0 aromatic heterocycles. The number of aliphatic hydroxyl groups is 1. The molecule has 3 fully saturated rings. The third kappa shape index (κ3) is 9.97. The molecule has 14 nitrogen and oxygen atoms in total. The zero-order chi connectivity index (χ0) is 34.1. The van der Waals surface area contributed by atoms with Crippen LogP contribution in [0.2, 0.25) is 0 Å². The molecule has 0 radical (unpaired) electrons. The third-order valence-electron chi connectivity index (χ3n) is 8.67. The Morgan fingerprint density at radius 2 is 1.66 bits per heavy atom. The van der Waals surface area contributed by atoms with Crippen molar-refractivity contribution in [3.63, 3.8) is 0 Å². The second kappa shape index (κ2) is 16.7. The largest absolute Gasteiger partial charge is 0.391 e. The SMILES string of the molecule is CC(C)C[C@@H]1NC(=O)[C@@H](Cc2ccccc2)NC(=O)[C@@H](NC(=O)[C@H]2CCCO2)CCCNC(=O)[C@@H]2C[C@@H](O)CN2C(=O)[C@H](C)NC1=O. The summed E-state index contributed by atoms with van der Waals surface area (Å²) in [6, 6.07) is 3.92. The Hall–Kier alpha value is -4.04. The van der Waals surface area contributed by atoms with E-state index in [-0.39, 0.29) is 51.1 Å². The van der Waals surface area contributed by atoms with Gasteiger partial charge in [0.1, 0.15) is 36.3 Å². The molecule has 3 saturated heterocycles. The smallest absolute Gasteiger partial charge is 0.249 e. The standard InChI is InChI=1S/C33H48N6O8/c1-19(2)15-24-29(42)35-20(3)33(46)39-18-22(40)17-26(39)31(44)34-13-7-11-23(36-32(45)27-12-8-14-47-27)28(41)38-25(30(43)37-24)16-21-9-5-4-6-10-21/h4-6,9-10,19-20,22-27,40H,7-8,11-18H2,1-3H3,(H,34,44)(H,35,42)(H,36,45)(H,37,43)(H,38,41)/t20-,22+,23-,24-,25+,26-,27+/m0/s1. The van der Waals surface area contributed by atoms with Crippen molar-refractivity contribution in [2.75, 3.05) is 19.7 Å². The molecule has 0 bridgehead atoms. The highest BCUT2D eigenvalue weighted by Crippen LogP contribution is 2.20. The minimum Gasteiger partial charge on any atom is -0.391 e. The maximum Gasteiger partial charge on any atom is 0.249 e. The molecule has 14 heteroatoms. The average molecular weight is 657 g/mol. The van der Waals surface area contributed by atoms with Gasteiger partial charge in [0.05, 0.1) is 6.10 Å². The molecule has 3 aliphatic heterocycles. The van der Waals surface area contributed by atoms with Crippen LogP contribution < -0.4 is 26.6 Å². The molecule has 3 aliphatic rings. The first-order chi connectivity index (χ1) is 22.4. The molecule has 0 unspecified atom stereocenters. The number of ether oxygens (including phenoxy) is 1. The number of fused-ring (bicyclic) bond motifs is 1.